The smallest absolute Gasteiger partial charge is 0.130 e. The summed E-state index contributed by atoms with van der Waals surface area (Å²) in [7, 11) is 0. The van der Waals surface area contributed by atoms with Crippen LogP contribution in [0.4, 0.5) is 0 Å². The summed E-state index contributed by atoms with van der Waals surface area (Å²) < 4.78 is 0. The Hall–Kier alpha value is 0.410. The number of rotatable bonds is 2. The topological polar surface area (TPSA) is 17.1 Å². The van der Waals surface area contributed by atoms with Crippen molar-refractivity contribution < 1.29 is 27.2 Å². The van der Waals surface area contributed by atoms with Crippen LogP contribution in [-0.4, -0.2) is 5.78 Å². The monoisotopic (exact) mass is 193 g/mol. The summed E-state index contributed by atoms with van der Waals surface area (Å²) in [6, 6.07) is 0. The van der Waals surface area contributed by atoms with Gasteiger partial charge in [0.05, 0.1) is 0 Å². The van der Waals surface area contributed by atoms with E-state index in [2.05, 4.69) is 0 Å². The summed E-state index contributed by atoms with van der Waals surface area (Å²) in [5.41, 5.74) is 0. The first-order valence-corrected chi connectivity index (χ1v) is 2.62. The van der Waals surface area contributed by atoms with Crippen molar-refractivity contribution in [1.29, 1.82) is 0 Å². The average Bonchev–Trinajstić information content (AvgIpc) is 1.27. The molecular formula is C6H12NbO. The van der Waals surface area contributed by atoms with Crippen LogP contribution in [0.25, 0.3) is 0 Å². The van der Waals surface area contributed by atoms with Crippen LogP contribution in [0.1, 0.15) is 27.2 Å². The van der Waals surface area contributed by atoms with Crippen molar-refractivity contribution in [3.05, 3.63) is 0 Å². The number of carbonyl (C=O) groups excluding carboxylic acids is 1. The van der Waals surface area contributed by atoms with Crippen molar-refractivity contribution in [2.75, 3.05) is 0 Å². The van der Waals surface area contributed by atoms with Gasteiger partial charge >= 0.3 is 0 Å². The second-order valence-electron chi connectivity index (χ2n) is 2.30. The average molecular weight is 193 g/mol. The van der Waals surface area contributed by atoms with E-state index in [0.29, 0.717) is 5.92 Å². The Morgan fingerprint density at radius 2 is 1.88 bits per heavy atom. The third-order valence-electron chi connectivity index (χ3n) is 0.696. The maximum absolute atomic E-state index is 10.3. The minimum atomic E-state index is 0. The van der Waals surface area contributed by atoms with Crippen molar-refractivity contribution in [2.24, 2.45) is 5.92 Å². The molecule has 2 heteroatoms. The van der Waals surface area contributed by atoms with Gasteiger partial charge in [-0.15, -0.1) is 0 Å². The van der Waals surface area contributed by atoms with Crippen molar-refractivity contribution in [2.45, 2.75) is 27.2 Å². The quantitative estimate of drug-likeness (QED) is 0.609. The van der Waals surface area contributed by atoms with E-state index in [0.717, 1.165) is 6.42 Å². The molecule has 0 N–H and O–H groups in total. The van der Waals surface area contributed by atoms with Crippen molar-refractivity contribution >= 4 is 5.78 Å². The molecule has 0 saturated heterocycles. The Kier molecular flexibility index (Phi) is 7.79. The molecule has 0 heterocycles. The Labute approximate surface area is 66.4 Å². The van der Waals surface area contributed by atoms with Gasteiger partial charge in [-0.3, -0.25) is 0 Å². The molecule has 1 radical (unpaired) electrons. The number of carbonyl (C=O) groups is 1. The van der Waals surface area contributed by atoms with Crippen LogP contribution in [0.15, 0.2) is 0 Å². The number of hydrogen-bond donors (Lipinski definition) is 0. The molecular weight excluding hydrogens is 181 g/mol. The van der Waals surface area contributed by atoms with E-state index < -0.39 is 0 Å². The third kappa shape index (κ3) is 9.65. The van der Waals surface area contributed by atoms with Crippen LogP contribution < -0.4 is 0 Å². The van der Waals surface area contributed by atoms with E-state index in [-0.39, 0.29) is 28.2 Å². The normalized spacial score (nSPS) is 8.50. The first-order chi connectivity index (χ1) is 3.13. The fourth-order valence-corrected chi connectivity index (χ4v) is 0.575. The van der Waals surface area contributed by atoms with Gasteiger partial charge < -0.3 is 4.79 Å². The van der Waals surface area contributed by atoms with Gasteiger partial charge in [0.2, 0.25) is 0 Å². The molecule has 0 aromatic carbocycles. The van der Waals surface area contributed by atoms with Gasteiger partial charge in [0, 0.05) is 28.8 Å². The van der Waals surface area contributed by atoms with Crippen LogP contribution in [0.5, 0.6) is 0 Å². The van der Waals surface area contributed by atoms with Gasteiger partial charge in [-0.1, -0.05) is 13.8 Å². The van der Waals surface area contributed by atoms with E-state index in [4.69, 9.17) is 0 Å². The molecule has 0 bridgehead atoms. The maximum atomic E-state index is 10.3. The van der Waals surface area contributed by atoms with Crippen LogP contribution >= 0.6 is 0 Å². The van der Waals surface area contributed by atoms with E-state index >= 15 is 0 Å². The Balaban J connectivity index is 0. The summed E-state index contributed by atoms with van der Waals surface area (Å²) in [5.74, 6) is 0.813. The second-order valence-corrected chi connectivity index (χ2v) is 2.30. The molecule has 1 nitrogen and oxygen atoms in total. The maximum Gasteiger partial charge on any atom is 0.130 e. The molecule has 0 unspecified atom stereocenters. The third-order valence-corrected chi connectivity index (χ3v) is 0.696. The van der Waals surface area contributed by atoms with Gasteiger partial charge in [-0.2, -0.15) is 0 Å². The van der Waals surface area contributed by atoms with E-state index in [1.165, 1.54) is 0 Å². The SMILES string of the molecule is CC(=O)CC(C)C.[Nb]. The summed E-state index contributed by atoms with van der Waals surface area (Å²) in [6.07, 6.45) is 0.722. The van der Waals surface area contributed by atoms with Gasteiger partial charge in [-0.25, -0.2) is 0 Å². The zero-order valence-corrected chi connectivity index (χ0v) is 7.84. The largest absolute Gasteiger partial charge is 0.300 e. The predicted molar refractivity (Wildman–Crippen MR) is 30.1 cm³/mol. The summed E-state index contributed by atoms with van der Waals surface area (Å²) in [6.45, 7) is 5.71. The van der Waals surface area contributed by atoms with Gasteiger partial charge in [0.1, 0.15) is 5.78 Å². The van der Waals surface area contributed by atoms with Crippen LogP contribution in [0, 0.1) is 5.92 Å². The number of hydrogen-bond acceptors (Lipinski definition) is 1. The van der Waals surface area contributed by atoms with Crippen LogP contribution in [0.2, 0.25) is 0 Å². The molecule has 0 fully saturated rings. The first kappa shape index (κ1) is 11.2. The Morgan fingerprint density at radius 3 is 1.88 bits per heavy atom. The van der Waals surface area contributed by atoms with Gasteiger partial charge in [0.25, 0.3) is 0 Å². The van der Waals surface area contributed by atoms with E-state index in [1.807, 2.05) is 13.8 Å². The molecule has 0 aliphatic rings. The van der Waals surface area contributed by atoms with Crippen molar-refractivity contribution in [3.63, 3.8) is 0 Å². The first-order valence-electron chi connectivity index (χ1n) is 2.62. The van der Waals surface area contributed by atoms with Crippen LogP contribution in [0.3, 0.4) is 0 Å². The molecule has 0 rings (SSSR count). The molecule has 0 atom stereocenters. The zero-order valence-electron chi connectivity index (χ0n) is 5.64. The number of ketones is 1. The Morgan fingerprint density at radius 1 is 1.50 bits per heavy atom. The summed E-state index contributed by atoms with van der Waals surface area (Å²) in [4.78, 5) is 10.3. The van der Waals surface area contributed by atoms with Crippen molar-refractivity contribution in [1.82, 2.24) is 0 Å². The van der Waals surface area contributed by atoms with E-state index in [1.54, 1.807) is 6.92 Å². The molecule has 8 heavy (non-hydrogen) atoms. The fraction of sp³-hybridized carbons (Fsp3) is 0.833. The van der Waals surface area contributed by atoms with Gasteiger partial charge in [0.15, 0.2) is 0 Å². The fourth-order valence-electron chi connectivity index (χ4n) is 0.575. The molecule has 0 amide bonds. The van der Waals surface area contributed by atoms with Crippen molar-refractivity contribution in [3.8, 4) is 0 Å². The molecule has 0 spiro atoms. The van der Waals surface area contributed by atoms with Gasteiger partial charge in [-0.05, 0) is 12.8 Å². The minimum absolute atomic E-state index is 0. The minimum Gasteiger partial charge on any atom is -0.300 e. The molecule has 0 saturated carbocycles. The molecule has 0 aromatic heterocycles. The zero-order chi connectivity index (χ0) is 5.86. The molecule has 0 aliphatic carbocycles. The molecule has 47 valence electrons. The Bertz CT molecular complexity index is 68.9. The molecule has 0 aromatic rings. The van der Waals surface area contributed by atoms with Crippen LogP contribution in [-0.2, 0) is 27.2 Å². The molecule has 0 aliphatic heterocycles. The summed E-state index contributed by atoms with van der Waals surface area (Å²) in [5, 5.41) is 0. The predicted octanol–water partition coefficient (Wildman–Crippen LogP) is 1.62. The van der Waals surface area contributed by atoms with E-state index in [9.17, 15) is 4.79 Å². The standard InChI is InChI=1S/C6H12O.Nb/c1-5(2)4-6(3)7;/h5H,4H2,1-3H3;. The number of Topliss-reactive ketones (excluding diaryl/α,β-unsaturated/α-hetero) is 1. The summed E-state index contributed by atoms with van der Waals surface area (Å²) >= 11 is 0. The second kappa shape index (κ2) is 5.55.